The van der Waals surface area contributed by atoms with Crippen LogP contribution in [0.15, 0.2) is 47.4 Å². The minimum absolute atomic E-state index is 0.0579. The first kappa shape index (κ1) is 24.6. The van der Waals surface area contributed by atoms with E-state index in [2.05, 4.69) is 5.32 Å². The summed E-state index contributed by atoms with van der Waals surface area (Å²) in [6, 6.07) is 9.92. The first-order valence-corrected chi connectivity index (χ1v) is 12.3. The van der Waals surface area contributed by atoms with E-state index in [9.17, 15) is 13.2 Å². The molecule has 2 aromatic rings. The Morgan fingerprint density at radius 3 is 2.42 bits per heavy atom. The predicted molar refractivity (Wildman–Crippen MR) is 127 cm³/mol. The summed E-state index contributed by atoms with van der Waals surface area (Å²) in [6.45, 7) is 3.09. The summed E-state index contributed by atoms with van der Waals surface area (Å²) in [5.74, 6) is 1.09. The van der Waals surface area contributed by atoms with Gasteiger partial charge in [-0.1, -0.05) is 6.42 Å². The second-order valence-corrected chi connectivity index (χ2v) is 9.40. The van der Waals surface area contributed by atoms with Crippen LogP contribution >= 0.6 is 0 Å². The fourth-order valence-corrected chi connectivity index (χ4v) is 5.30. The summed E-state index contributed by atoms with van der Waals surface area (Å²) in [7, 11) is -0.632. The predicted octanol–water partition coefficient (Wildman–Crippen LogP) is 3.93. The maximum atomic E-state index is 13.3. The van der Waals surface area contributed by atoms with E-state index in [0.29, 0.717) is 42.4 Å². The number of benzene rings is 2. The summed E-state index contributed by atoms with van der Waals surface area (Å²) >= 11 is 0. The smallest absolute Gasteiger partial charge is 0.248 e. The Balaban J connectivity index is 1.83. The van der Waals surface area contributed by atoms with Crippen molar-refractivity contribution >= 4 is 27.7 Å². The molecule has 1 heterocycles. The third-order valence-corrected chi connectivity index (χ3v) is 7.21. The van der Waals surface area contributed by atoms with Gasteiger partial charge in [-0.15, -0.1) is 0 Å². The van der Waals surface area contributed by atoms with E-state index in [1.165, 1.54) is 16.4 Å². The summed E-state index contributed by atoms with van der Waals surface area (Å²) in [4.78, 5) is 12.6. The van der Waals surface area contributed by atoms with Crippen molar-refractivity contribution in [1.82, 2.24) is 4.31 Å². The number of rotatable bonds is 9. The molecule has 9 heteroatoms. The Labute approximate surface area is 195 Å². The number of nitrogens with zero attached hydrogens (tertiary/aromatic N) is 1. The molecule has 1 aliphatic rings. The van der Waals surface area contributed by atoms with Crippen LogP contribution < -0.4 is 19.5 Å². The summed E-state index contributed by atoms with van der Waals surface area (Å²) in [5, 5.41) is 2.73. The van der Waals surface area contributed by atoms with E-state index in [0.717, 1.165) is 19.3 Å². The van der Waals surface area contributed by atoms with Gasteiger partial charge in [0, 0.05) is 30.4 Å². The molecule has 1 saturated heterocycles. The van der Waals surface area contributed by atoms with E-state index in [1.54, 1.807) is 57.6 Å². The van der Waals surface area contributed by atoms with Gasteiger partial charge in [0.1, 0.15) is 22.1 Å². The van der Waals surface area contributed by atoms with Crippen molar-refractivity contribution in [3.63, 3.8) is 0 Å². The van der Waals surface area contributed by atoms with Gasteiger partial charge in [-0.2, -0.15) is 4.31 Å². The number of ether oxygens (including phenoxy) is 3. The van der Waals surface area contributed by atoms with Crippen molar-refractivity contribution in [3.05, 3.63) is 48.0 Å². The van der Waals surface area contributed by atoms with Crippen molar-refractivity contribution in [2.75, 3.05) is 39.2 Å². The van der Waals surface area contributed by atoms with E-state index in [4.69, 9.17) is 14.2 Å². The molecule has 0 aliphatic carbocycles. The topological polar surface area (TPSA) is 94.2 Å². The van der Waals surface area contributed by atoms with Crippen LogP contribution in [0.25, 0.3) is 6.08 Å². The molecule has 8 nitrogen and oxygen atoms in total. The molecule has 1 aliphatic heterocycles. The lowest BCUT2D eigenvalue weighted by Crippen LogP contribution is -2.35. The number of methoxy groups -OCH3 is 2. The molecule has 0 aromatic heterocycles. The molecule has 0 atom stereocenters. The third-order valence-electron chi connectivity index (χ3n) is 5.30. The van der Waals surface area contributed by atoms with E-state index >= 15 is 0 Å². The summed E-state index contributed by atoms with van der Waals surface area (Å²) in [6.07, 6.45) is 5.64. The Morgan fingerprint density at radius 2 is 1.76 bits per heavy atom. The Morgan fingerprint density at radius 1 is 1.03 bits per heavy atom. The normalized spacial score (nSPS) is 14.8. The Kier molecular flexibility index (Phi) is 8.35. The lowest BCUT2D eigenvalue weighted by molar-refractivity contribution is -0.111. The quantitative estimate of drug-likeness (QED) is 0.554. The number of amides is 1. The minimum Gasteiger partial charge on any atom is -0.497 e. The summed E-state index contributed by atoms with van der Waals surface area (Å²) < 4.78 is 44.1. The highest BCUT2D eigenvalue weighted by molar-refractivity contribution is 7.89. The van der Waals surface area contributed by atoms with Crippen molar-refractivity contribution in [2.45, 2.75) is 31.1 Å². The molecule has 178 valence electrons. The molecule has 1 fully saturated rings. The highest BCUT2D eigenvalue weighted by atomic mass is 32.2. The fraction of sp³-hybridized carbons (Fsp3) is 0.375. The fourth-order valence-electron chi connectivity index (χ4n) is 3.63. The van der Waals surface area contributed by atoms with E-state index in [-0.39, 0.29) is 10.6 Å². The van der Waals surface area contributed by atoms with Crippen LogP contribution in [-0.4, -0.2) is 52.5 Å². The first-order chi connectivity index (χ1) is 15.9. The first-order valence-electron chi connectivity index (χ1n) is 10.9. The number of hydrogen-bond acceptors (Lipinski definition) is 6. The Bertz CT molecular complexity index is 1110. The van der Waals surface area contributed by atoms with Crippen LogP contribution in [0.3, 0.4) is 0 Å². The molecule has 0 unspecified atom stereocenters. The second-order valence-electron chi connectivity index (χ2n) is 7.49. The molecule has 1 amide bonds. The molecule has 1 N–H and O–H groups in total. The molecule has 0 saturated carbocycles. The molecular formula is C24H30N2O6S. The number of sulfonamides is 1. The zero-order chi connectivity index (χ0) is 23.8. The molecule has 0 spiro atoms. The van der Waals surface area contributed by atoms with Crippen LogP contribution in [0.1, 0.15) is 31.7 Å². The monoisotopic (exact) mass is 474 g/mol. The number of carbonyl (C=O) groups is 1. The van der Waals surface area contributed by atoms with Gasteiger partial charge in [0.15, 0.2) is 0 Å². The van der Waals surface area contributed by atoms with Crippen molar-refractivity contribution < 1.29 is 27.4 Å². The average molecular weight is 475 g/mol. The van der Waals surface area contributed by atoms with Crippen molar-refractivity contribution in [2.24, 2.45) is 0 Å². The SMILES string of the molecule is CCOc1ccc(NC(=O)/C=C/c2cc(OC)ccc2OC)cc1S(=O)(=O)N1CCCCC1. The maximum Gasteiger partial charge on any atom is 0.248 e. The largest absolute Gasteiger partial charge is 0.497 e. The molecule has 0 bridgehead atoms. The van der Waals surface area contributed by atoms with Crippen LogP contribution in [0.5, 0.6) is 17.2 Å². The van der Waals surface area contributed by atoms with E-state index in [1.807, 2.05) is 0 Å². The lowest BCUT2D eigenvalue weighted by Gasteiger charge is -2.26. The van der Waals surface area contributed by atoms with Crippen molar-refractivity contribution in [1.29, 1.82) is 0 Å². The number of anilines is 1. The van der Waals surface area contributed by atoms with Gasteiger partial charge < -0.3 is 19.5 Å². The van der Waals surface area contributed by atoms with Gasteiger partial charge in [-0.25, -0.2) is 8.42 Å². The molecule has 0 radical (unpaired) electrons. The van der Waals surface area contributed by atoms with Gasteiger partial charge in [0.05, 0.1) is 20.8 Å². The molecule has 3 rings (SSSR count). The molecule has 33 heavy (non-hydrogen) atoms. The lowest BCUT2D eigenvalue weighted by atomic mass is 10.1. The number of piperidine rings is 1. The van der Waals surface area contributed by atoms with Crippen LogP contribution in [0.4, 0.5) is 5.69 Å². The van der Waals surface area contributed by atoms with Crippen molar-refractivity contribution in [3.8, 4) is 17.2 Å². The highest BCUT2D eigenvalue weighted by Gasteiger charge is 2.29. The molecular weight excluding hydrogens is 444 g/mol. The summed E-state index contributed by atoms with van der Waals surface area (Å²) in [5.41, 5.74) is 1.04. The van der Waals surface area contributed by atoms with Gasteiger partial charge in [-0.05, 0) is 62.2 Å². The third kappa shape index (κ3) is 6.06. The second kappa shape index (κ2) is 11.2. The van der Waals surface area contributed by atoms with Crippen LogP contribution in [0.2, 0.25) is 0 Å². The van der Waals surface area contributed by atoms with Gasteiger partial charge in [0.25, 0.3) is 0 Å². The van der Waals surface area contributed by atoms with E-state index < -0.39 is 15.9 Å². The number of carbonyl (C=O) groups excluding carboxylic acids is 1. The zero-order valence-corrected chi connectivity index (χ0v) is 20.0. The maximum absolute atomic E-state index is 13.3. The minimum atomic E-state index is -3.74. The average Bonchev–Trinajstić information content (AvgIpc) is 2.84. The number of nitrogens with one attached hydrogen (secondary N) is 1. The highest BCUT2D eigenvalue weighted by Crippen LogP contribution is 2.31. The van der Waals surface area contributed by atoms with Crippen LogP contribution in [-0.2, 0) is 14.8 Å². The zero-order valence-electron chi connectivity index (χ0n) is 19.2. The van der Waals surface area contributed by atoms with Gasteiger partial charge in [0.2, 0.25) is 15.9 Å². The van der Waals surface area contributed by atoms with Gasteiger partial charge in [-0.3, -0.25) is 4.79 Å². The van der Waals surface area contributed by atoms with Crippen LogP contribution in [0, 0.1) is 0 Å². The number of hydrogen-bond donors (Lipinski definition) is 1. The molecule has 2 aromatic carbocycles. The standard InChI is InChI=1S/C24H30N2O6S/c1-4-32-22-11-9-19(17-23(22)33(28,29)26-14-6-5-7-15-26)25-24(27)13-8-18-16-20(30-2)10-12-21(18)31-3/h8-13,16-17H,4-7,14-15H2,1-3H3,(H,25,27)/b13-8+. The Hall–Kier alpha value is -3.04. The van der Waals surface area contributed by atoms with Gasteiger partial charge >= 0.3 is 0 Å².